The number of rotatable bonds is 5. The van der Waals surface area contributed by atoms with Crippen LogP contribution in [-0.4, -0.2) is 11.0 Å². The number of aromatic nitrogens is 1. The number of nitrogens with one attached hydrogen (secondary N) is 2. The number of hydrogen-bond acceptors (Lipinski definition) is 2. The number of para-hydroxylation sites is 1. The largest absolute Gasteiger partial charge is 0.332 e. The quantitative estimate of drug-likeness (QED) is 0.860. The molecule has 0 saturated carbocycles. The van der Waals surface area contributed by atoms with Crippen LogP contribution in [-0.2, 0) is 12.5 Å². The second-order valence-corrected chi connectivity index (χ2v) is 4.73. The number of alkyl halides is 2. The first-order valence-electron chi connectivity index (χ1n) is 6.95. The molecule has 1 heterocycles. The van der Waals surface area contributed by atoms with E-state index >= 15 is 0 Å². The summed E-state index contributed by atoms with van der Waals surface area (Å²) in [6.07, 6.45) is 1.28. The van der Waals surface area contributed by atoms with Crippen LogP contribution in [0.1, 0.15) is 27.5 Å². The molecule has 4 nitrogen and oxygen atoms in total. The van der Waals surface area contributed by atoms with E-state index in [1.165, 1.54) is 25.1 Å². The molecule has 0 atom stereocenters. The van der Waals surface area contributed by atoms with Crippen LogP contribution in [0.15, 0.2) is 48.7 Å². The van der Waals surface area contributed by atoms with Gasteiger partial charge in [0.2, 0.25) is 0 Å². The fourth-order valence-electron chi connectivity index (χ4n) is 1.94. The summed E-state index contributed by atoms with van der Waals surface area (Å²) in [4.78, 5) is 15.9. The van der Waals surface area contributed by atoms with Crippen LogP contribution in [0.25, 0.3) is 0 Å². The van der Waals surface area contributed by atoms with Gasteiger partial charge in [-0.15, -0.1) is 0 Å². The number of carbonyl (C=O) groups is 1. The molecule has 22 heavy (non-hydrogen) atoms. The molecule has 1 aromatic carbocycles. The highest BCUT2D eigenvalue weighted by molar-refractivity contribution is 5.90. The molecule has 1 aromatic heterocycles. The van der Waals surface area contributed by atoms with Crippen molar-refractivity contribution in [3.63, 3.8) is 0 Å². The first-order chi connectivity index (χ1) is 10.5. The summed E-state index contributed by atoms with van der Waals surface area (Å²) in [7, 11) is 0. The summed E-state index contributed by atoms with van der Waals surface area (Å²) in [6, 6.07) is 10.7. The number of urea groups is 1. The van der Waals surface area contributed by atoms with Gasteiger partial charge in [-0.1, -0.05) is 31.2 Å². The predicted octanol–water partition coefficient (Wildman–Crippen LogP) is 4.40. The SMILES string of the molecule is CCC(F)(F)c1ccccc1NC(=O)NCc1ccccn1.[HH].[HH]. The van der Waals surface area contributed by atoms with Crippen molar-refractivity contribution in [3.8, 4) is 0 Å². The highest BCUT2D eigenvalue weighted by Crippen LogP contribution is 2.35. The molecule has 6 heteroatoms. The second-order valence-electron chi connectivity index (χ2n) is 4.73. The van der Waals surface area contributed by atoms with Crippen LogP contribution in [0.2, 0.25) is 0 Å². The van der Waals surface area contributed by atoms with Crippen molar-refractivity contribution < 1.29 is 16.4 Å². The van der Waals surface area contributed by atoms with E-state index in [1.54, 1.807) is 30.5 Å². The number of carbonyl (C=O) groups excluding carboxylic acids is 1. The van der Waals surface area contributed by atoms with Gasteiger partial charge in [0.05, 0.1) is 17.9 Å². The van der Waals surface area contributed by atoms with E-state index in [0.717, 1.165) is 0 Å². The third-order valence-electron chi connectivity index (χ3n) is 3.17. The van der Waals surface area contributed by atoms with E-state index in [1.807, 2.05) is 0 Å². The molecule has 0 radical (unpaired) electrons. The minimum absolute atomic E-state index is 0. The van der Waals surface area contributed by atoms with Crippen LogP contribution in [0, 0.1) is 0 Å². The molecule has 0 aliphatic rings. The van der Waals surface area contributed by atoms with Gasteiger partial charge in [-0.3, -0.25) is 4.98 Å². The summed E-state index contributed by atoms with van der Waals surface area (Å²) in [5.74, 6) is -2.98. The molecule has 2 rings (SSSR count). The van der Waals surface area contributed by atoms with Crippen molar-refractivity contribution in [2.75, 3.05) is 5.32 Å². The molecule has 0 saturated heterocycles. The Bertz CT molecular complexity index is 642. The predicted molar refractivity (Wildman–Crippen MR) is 85.0 cm³/mol. The van der Waals surface area contributed by atoms with Gasteiger partial charge in [0.1, 0.15) is 0 Å². The lowest BCUT2D eigenvalue weighted by molar-refractivity contribution is -0.00751. The number of anilines is 1. The minimum atomic E-state index is -2.98. The highest BCUT2D eigenvalue weighted by atomic mass is 19.3. The third kappa shape index (κ3) is 4.00. The van der Waals surface area contributed by atoms with Gasteiger partial charge < -0.3 is 10.6 Å². The minimum Gasteiger partial charge on any atom is -0.332 e. The Balaban J connectivity index is 0.00000264. The van der Waals surface area contributed by atoms with E-state index in [9.17, 15) is 13.6 Å². The maximum Gasteiger partial charge on any atom is 0.319 e. The number of hydrogen-bond donors (Lipinski definition) is 2. The van der Waals surface area contributed by atoms with E-state index in [-0.39, 0.29) is 27.1 Å². The summed E-state index contributed by atoms with van der Waals surface area (Å²) in [5, 5.41) is 5.05. The van der Waals surface area contributed by atoms with Crippen molar-refractivity contribution in [2.45, 2.75) is 25.8 Å². The Kier molecular flexibility index (Phi) is 5.04. The molecule has 0 aliphatic carbocycles. The van der Waals surface area contributed by atoms with Gasteiger partial charge in [0.25, 0.3) is 5.92 Å². The lowest BCUT2D eigenvalue weighted by Gasteiger charge is -2.19. The normalized spacial score (nSPS) is 11.0. The monoisotopic (exact) mass is 309 g/mol. The van der Waals surface area contributed by atoms with Crippen LogP contribution >= 0.6 is 0 Å². The van der Waals surface area contributed by atoms with E-state index in [4.69, 9.17) is 0 Å². The van der Waals surface area contributed by atoms with E-state index in [0.29, 0.717) is 5.69 Å². The van der Waals surface area contributed by atoms with Crippen LogP contribution in [0.3, 0.4) is 0 Å². The van der Waals surface area contributed by atoms with Crippen molar-refractivity contribution in [3.05, 3.63) is 59.9 Å². The summed E-state index contributed by atoms with van der Waals surface area (Å²) in [6.45, 7) is 1.62. The van der Waals surface area contributed by atoms with Gasteiger partial charge in [-0.05, 0) is 18.2 Å². The Morgan fingerprint density at radius 3 is 2.64 bits per heavy atom. The highest BCUT2D eigenvalue weighted by Gasteiger charge is 2.31. The topological polar surface area (TPSA) is 54.0 Å². The standard InChI is InChI=1S/C16H17F2N3O.2H2/c1-2-16(17,18)13-8-3-4-9-14(13)21-15(22)20-11-12-7-5-6-10-19-12;;/h3-10H,2,11H2,1H3,(H2,20,21,22);2*1H. The van der Waals surface area contributed by atoms with Gasteiger partial charge >= 0.3 is 6.03 Å². The number of nitrogens with zero attached hydrogens (tertiary/aromatic N) is 1. The second kappa shape index (κ2) is 6.98. The summed E-state index contributed by atoms with van der Waals surface area (Å²) >= 11 is 0. The fraction of sp³-hybridized carbons (Fsp3) is 0.250. The van der Waals surface area contributed by atoms with Gasteiger partial charge in [-0.25, -0.2) is 13.6 Å². The lowest BCUT2D eigenvalue weighted by atomic mass is 10.0. The van der Waals surface area contributed by atoms with Crippen molar-refractivity contribution in [1.29, 1.82) is 0 Å². The molecule has 2 aromatic rings. The van der Waals surface area contributed by atoms with Gasteiger partial charge in [0, 0.05) is 21.0 Å². The van der Waals surface area contributed by atoms with Gasteiger partial charge in [0.15, 0.2) is 0 Å². The van der Waals surface area contributed by atoms with E-state index < -0.39 is 12.0 Å². The van der Waals surface area contributed by atoms with Crippen LogP contribution in [0.4, 0.5) is 19.3 Å². The Morgan fingerprint density at radius 1 is 1.23 bits per heavy atom. The molecule has 0 spiro atoms. The Labute approximate surface area is 130 Å². The molecule has 0 bridgehead atoms. The molecule has 0 fully saturated rings. The number of amides is 2. The van der Waals surface area contributed by atoms with Crippen molar-refractivity contribution in [1.82, 2.24) is 10.3 Å². The molecular formula is C16H21F2N3O. The first kappa shape index (κ1) is 15.9. The first-order valence-corrected chi connectivity index (χ1v) is 6.95. The third-order valence-corrected chi connectivity index (χ3v) is 3.17. The summed E-state index contributed by atoms with van der Waals surface area (Å²) < 4.78 is 27.7. The average Bonchev–Trinajstić information content (AvgIpc) is 2.54. The van der Waals surface area contributed by atoms with Crippen molar-refractivity contribution in [2.24, 2.45) is 0 Å². The molecule has 0 aliphatic heterocycles. The zero-order chi connectivity index (χ0) is 16.0. The molecule has 2 amide bonds. The number of benzene rings is 1. The maximum atomic E-state index is 13.9. The van der Waals surface area contributed by atoms with Gasteiger partial charge in [-0.2, -0.15) is 0 Å². The molecule has 120 valence electrons. The van der Waals surface area contributed by atoms with Crippen molar-refractivity contribution >= 4 is 11.7 Å². The zero-order valence-corrected chi connectivity index (χ0v) is 12.1. The summed E-state index contributed by atoms with van der Waals surface area (Å²) in [5.41, 5.74) is 0.600. The smallest absolute Gasteiger partial charge is 0.319 e. The Hall–Kier alpha value is -2.50. The van der Waals surface area contributed by atoms with Crippen LogP contribution < -0.4 is 10.6 Å². The lowest BCUT2D eigenvalue weighted by Crippen LogP contribution is -2.29. The average molecular weight is 309 g/mol. The fourth-order valence-corrected chi connectivity index (χ4v) is 1.94. The number of pyridine rings is 1. The van der Waals surface area contributed by atoms with Crippen LogP contribution in [0.5, 0.6) is 0 Å². The Morgan fingerprint density at radius 2 is 1.95 bits per heavy atom. The molecule has 0 unspecified atom stereocenters. The molecular weight excluding hydrogens is 288 g/mol. The zero-order valence-electron chi connectivity index (χ0n) is 12.1. The van der Waals surface area contributed by atoms with E-state index in [2.05, 4.69) is 15.6 Å². The maximum absolute atomic E-state index is 13.9. The number of halogens is 2. The molecule has 2 N–H and O–H groups in total.